The van der Waals surface area contributed by atoms with Crippen molar-refractivity contribution in [2.24, 2.45) is 5.41 Å². The molecule has 0 spiro atoms. The van der Waals surface area contributed by atoms with E-state index in [2.05, 4.69) is 12.5 Å². The van der Waals surface area contributed by atoms with Crippen LogP contribution in [0.3, 0.4) is 0 Å². The summed E-state index contributed by atoms with van der Waals surface area (Å²) in [7, 11) is 0. The summed E-state index contributed by atoms with van der Waals surface area (Å²) in [6.45, 7) is 5.39. The van der Waals surface area contributed by atoms with Gasteiger partial charge >= 0.3 is 0 Å². The lowest BCUT2D eigenvalue weighted by atomic mass is 9.90. The minimum Gasteiger partial charge on any atom is -0.492 e. The number of nitro groups is 1. The van der Waals surface area contributed by atoms with Crippen LogP contribution in [0.5, 0.6) is 5.75 Å². The van der Waals surface area contributed by atoms with E-state index in [-0.39, 0.29) is 18.1 Å². The van der Waals surface area contributed by atoms with Crippen molar-refractivity contribution in [3.05, 3.63) is 69.8 Å². The van der Waals surface area contributed by atoms with Crippen LogP contribution in [0.4, 0.5) is 5.69 Å². The Bertz CT molecular complexity index is 762. The van der Waals surface area contributed by atoms with Crippen molar-refractivity contribution in [2.45, 2.75) is 27.2 Å². The second kappa shape index (κ2) is 9.72. The molecule has 138 valence electrons. The lowest BCUT2D eigenvalue weighted by molar-refractivity contribution is -0.384. The lowest BCUT2D eigenvalue weighted by Gasteiger charge is -2.22. The number of ether oxygens (including phenoxy) is 1. The summed E-state index contributed by atoms with van der Waals surface area (Å²) in [5.74, 6) is 0.604. The maximum absolute atomic E-state index is 11.6. The van der Waals surface area contributed by atoms with Crippen molar-refractivity contribution in [1.29, 1.82) is 0 Å². The van der Waals surface area contributed by atoms with E-state index < -0.39 is 10.3 Å². The molecule has 0 aromatic heterocycles. The van der Waals surface area contributed by atoms with E-state index in [0.29, 0.717) is 12.2 Å². The van der Waals surface area contributed by atoms with Crippen LogP contribution in [0.2, 0.25) is 0 Å². The van der Waals surface area contributed by atoms with Gasteiger partial charge < -0.3 is 4.74 Å². The van der Waals surface area contributed by atoms with Gasteiger partial charge in [0.25, 0.3) is 5.69 Å². The molecule has 2 aromatic carbocycles. The van der Waals surface area contributed by atoms with Crippen molar-refractivity contribution >= 4 is 24.0 Å². The number of nitro benzene ring substituents is 1. The van der Waals surface area contributed by atoms with Crippen LogP contribution in [-0.2, 0) is 23.7 Å². The van der Waals surface area contributed by atoms with E-state index in [4.69, 9.17) is 8.95 Å². The number of non-ortho nitro benzene ring substituents is 1. The first kappa shape index (κ1) is 21.4. The SMILES string of the molecule is CC(=O)C(C)(C)COc1ccc([N+](=O)[O-])cc1Cc1ccccc1.O=S. The zero-order valence-electron chi connectivity index (χ0n) is 14.9. The summed E-state index contributed by atoms with van der Waals surface area (Å²) in [5.41, 5.74) is 1.19. The van der Waals surface area contributed by atoms with Gasteiger partial charge in [-0.05, 0) is 32.4 Å². The number of carbonyl (C=O) groups is 1. The third kappa shape index (κ3) is 6.00. The summed E-state index contributed by atoms with van der Waals surface area (Å²) in [5, 5.41) is 11.0. The van der Waals surface area contributed by atoms with E-state index in [1.807, 2.05) is 44.2 Å². The Morgan fingerprint density at radius 2 is 1.77 bits per heavy atom. The highest BCUT2D eigenvalue weighted by Gasteiger charge is 2.25. The van der Waals surface area contributed by atoms with E-state index in [1.165, 1.54) is 19.1 Å². The minimum absolute atomic E-state index is 0.0270. The molecule has 0 bridgehead atoms. The van der Waals surface area contributed by atoms with Crippen LogP contribution < -0.4 is 4.74 Å². The normalized spacial score (nSPS) is 10.4. The fourth-order valence-electron chi connectivity index (χ4n) is 2.13. The van der Waals surface area contributed by atoms with E-state index in [9.17, 15) is 14.9 Å². The van der Waals surface area contributed by atoms with Gasteiger partial charge in [-0.3, -0.25) is 14.9 Å². The van der Waals surface area contributed by atoms with Crippen LogP contribution in [0.15, 0.2) is 48.5 Å². The van der Waals surface area contributed by atoms with Gasteiger partial charge in [0.15, 0.2) is 12.5 Å². The van der Waals surface area contributed by atoms with Crippen LogP contribution in [0.25, 0.3) is 0 Å². The van der Waals surface area contributed by atoms with Gasteiger partial charge in [-0.2, -0.15) is 4.21 Å². The molecule has 0 saturated heterocycles. The number of nitrogens with zero attached hydrogens (tertiary/aromatic N) is 1. The number of benzene rings is 2. The number of Topliss-reactive ketones (excluding diaryl/α,β-unsaturated/α-hetero) is 1. The van der Waals surface area contributed by atoms with Crippen molar-refractivity contribution in [3.63, 3.8) is 0 Å². The van der Waals surface area contributed by atoms with Gasteiger partial charge in [-0.15, -0.1) is 0 Å². The van der Waals surface area contributed by atoms with E-state index >= 15 is 0 Å². The fraction of sp³-hybridized carbons (Fsp3) is 0.316. The van der Waals surface area contributed by atoms with Crippen molar-refractivity contribution in [2.75, 3.05) is 6.61 Å². The number of carbonyl (C=O) groups excluding carboxylic acids is 1. The molecule has 0 radical (unpaired) electrons. The van der Waals surface area contributed by atoms with Crippen molar-refractivity contribution < 1.29 is 18.7 Å². The molecular formula is C19H21NO5S. The van der Waals surface area contributed by atoms with Crippen molar-refractivity contribution in [1.82, 2.24) is 0 Å². The molecule has 0 aliphatic carbocycles. The number of hydrogen-bond acceptors (Lipinski definition) is 6. The molecule has 6 nitrogen and oxygen atoms in total. The summed E-state index contributed by atoms with van der Waals surface area (Å²) in [6, 6.07) is 14.2. The zero-order chi connectivity index (χ0) is 19.7. The van der Waals surface area contributed by atoms with Crippen molar-refractivity contribution in [3.8, 4) is 5.75 Å². The molecular weight excluding hydrogens is 354 g/mol. The van der Waals surface area contributed by atoms with Crippen LogP contribution in [0, 0.1) is 15.5 Å². The molecule has 0 N–H and O–H groups in total. The zero-order valence-corrected chi connectivity index (χ0v) is 15.7. The second-order valence-electron chi connectivity index (χ2n) is 6.44. The number of ketones is 1. The molecule has 0 saturated carbocycles. The number of hydrogen-bond donors (Lipinski definition) is 0. The van der Waals surface area contributed by atoms with Gasteiger partial charge in [0.2, 0.25) is 0 Å². The maximum atomic E-state index is 11.6. The first-order valence-corrected chi connectivity index (χ1v) is 8.25. The Morgan fingerprint density at radius 3 is 2.31 bits per heavy atom. The average Bonchev–Trinajstić information content (AvgIpc) is 2.63. The minimum atomic E-state index is -0.605. The molecule has 0 heterocycles. The highest BCUT2D eigenvalue weighted by atomic mass is 32.1. The summed E-state index contributed by atoms with van der Waals surface area (Å²) >= 11 is 2.83. The topological polar surface area (TPSA) is 86.5 Å². The predicted octanol–water partition coefficient (Wildman–Crippen LogP) is 3.84. The smallest absolute Gasteiger partial charge is 0.269 e. The molecule has 2 rings (SSSR count). The second-order valence-corrected chi connectivity index (χ2v) is 6.44. The highest BCUT2D eigenvalue weighted by Crippen LogP contribution is 2.28. The Balaban J connectivity index is 0.00000163. The van der Waals surface area contributed by atoms with Gasteiger partial charge in [0.1, 0.15) is 18.1 Å². The first-order chi connectivity index (χ1) is 12.3. The monoisotopic (exact) mass is 375 g/mol. The molecule has 0 fully saturated rings. The van der Waals surface area contributed by atoms with Gasteiger partial charge in [0, 0.05) is 24.1 Å². The molecule has 0 unspecified atom stereocenters. The lowest BCUT2D eigenvalue weighted by Crippen LogP contribution is -2.29. The molecule has 2 aromatic rings. The Hall–Kier alpha value is -2.67. The Kier molecular flexibility index (Phi) is 7.99. The Morgan fingerprint density at radius 1 is 1.15 bits per heavy atom. The molecule has 0 aliphatic heterocycles. The molecule has 0 aliphatic rings. The molecule has 26 heavy (non-hydrogen) atoms. The van der Waals surface area contributed by atoms with Crippen LogP contribution in [0.1, 0.15) is 31.9 Å². The maximum Gasteiger partial charge on any atom is 0.269 e. The summed E-state index contributed by atoms with van der Waals surface area (Å²) < 4.78 is 13.7. The summed E-state index contributed by atoms with van der Waals surface area (Å²) in [4.78, 5) is 22.3. The molecule has 0 atom stereocenters. The first-order valence-electron chi connectivity index (χ1n) is 7.91. The molecule has 0 amide bonds. The quantitative estimate of drug-likeness (QED) is 0.540. The van der Waals surface area contributed by atoms with Crippen LogP contribution in [-0.4, -0.2) is 21.5 Å². The molecule has 7 heteroatoms. The number of rotatable bonds is 7. The largest absolute Gasteiger partial charge is 0.492 e. The fourth-order valence-corrected chi connectivity index (χ4v) is 2.13. The van der Waals surface area contributed by atoms with Crippen LogP contribution >= 0.6 is 0 Å². The van der Waals surface area contributed by atoms with E-state index in [0.717, 1.165) is 11.1 Å². The summed E-state index contributed by atoms with van der Waals surface area (Å²) in [6.07, 6.45) is 0.526. The standard InChI is InChI=1S/C19H21NO4.OS/c1-14(21)19(2,3)13-24-18-10-9-17(20(22)23)12-16(18)11-15-7-5-4-6-8-15;1-2/h4-10,12H,11,13H2,1-3H3;. The van der Waals surface area contributed by atoms with E-state index in [1.54, 1.807) is 6.07 Å². The van der Waals surface area contributed by atoms with Gasteiger partial charge in [-0.1, -0.05) is 30.3 Å². The third-order valence-electron chi connectivity index (χ3n) is 4.03. The third-order valence-corrected chi connectivity index (χ3v) is 4.03. The van der Waals surface area contributed by atoms with Gasteiger partial charge in [-0.25, -0.2) is 0 Å². The Labute approximate surface area is 157 Å². The highest BCUT2D eigenvalue weighted by molar-refractivity contribution is 7.44. The predicted molar refractivity (Wildman–Crippen MR) is 100 cm³/mol. The average molecular weight is 375 g/mol. The van der Waals surface area contributed by atoms with Gasteiger partial charge in [0.05, 0.1) is 10.3 Å².